The van der Waals surface area contributed by atoms with Crippen molar-refractivity contribution in [2.45, 2.75) is 39.5 Å². The molecule has 0 atom stereocenters. The normalized spacial score (nSPS) is 10.9. The molecule has 0 saturated carbocycles. The Bertz CT molecular complexity index is 674. The molecule has 0 aliphatic heterocycles. The number of ether oxygens (including phenoxy) is 1. The Morgan fingerprint density at radius 2 is 1.83 bits per heavy atom. The lowest BCUT2D eigenvalue weighted by atomic mass is 10.0. The highest BCUT2D eigenvalue weighted by Crippen LogP contribution is 2.23. The second-order valence-electron chi connectivity index (χ2n) is 5.88. The monoisotopic (exact) mass is 338 g/mol. The number of rotatable bonds is 9. The van der Waals surface area contributed by atoms with Crippen LogP contribution in [0.1, 0.15) is 49.8 Å². The summed E-state index contributed by atoms with van der Waals surface area (Å²) in [6, 6.07) is 16.5. The van der Waals surface area contributed by atoms with E-state index < -0.39 is 0 Å². The second kappa shape index (κ2) is 10.0. The number of hydrogen-bond donors (Lipinski definition) is 0. The van der Waals surface area contributed by atoms with Crippen LogP contribution >= 0.6 is 12.2 Å². The molecule has 0 aromatic heterocycles. The van der Waals surface area contributed by atoms with Gasteiger partial charge in [-0.15, -0.1) is 0 Å². The van der Waals surface area contributed by atoms with Gasteiger partial charge < -0.3 is 4.74 Å². The Balaban J connectivity index is 2.13. The van der Waals surface area contributed by atoms with Crippen LogP contribution in [-0.2, 0) is 6.42 Å². The maximum Gasteiger partial charge on any atom is 0.123 e. The van der Waals surface area contributed by atoms with Crippen molar-refractivity contribution in [3.05, 3.63) is 71.3 Å². The first-order chi connectivity index (χ1) is 11.7. The number of hydrogen-bond acceptors (Lipinski definition) is 2. The Morgan fingerprint density at radius 1 is 1.04 bits per heavy atom. The number of aryl methyl sites for hydroxylation is 1. The van der Waals surface area contributed by atoms with Crippen LogP contribution in [0.4, 0.5) is 0 Å². The summed E-state index contributed by atoms with van der Waals surface area (Å²) in [7, 11) is 0. The lowest BCUT2D eigenvalue weighted by molar-refractivity contribution is 0.306. The van der Waals surface area contributed by atoms with Crippen LogP contribution in [-0.4, -0.2) is 11.5 Å². The van der Waals surface area contributed by atoms with Gasteiger partial charge in [0.1, 0.15) is 5.75 Å². The molecular weight excluding hydrogens is 312 g/mol. The van der Waals surface area contributed by atoms with Gasteiger partial charge in [0, 0.05) is 4.86 Å². The van der Waals surface area contributed by atoms with E-state index in [1.165, 1.54) is 5.56 Å². The van der Waals surface area contributed by atoms with Crippen LogP contribution in [0.5, 0.6) is 5.75 Å². The van der Waals surface area contributed by atoms with E-state index in [4.69, 9.17) is 17.0 Å². The largest absolute Gasteiger partial charge is 0.493 e. The lowest BCUT2D eigenvalue weighted by Gasteiger charge is -2.12. The molecule has 2 aromatic carbocycles. The molecule has 1 nitrogen and oxygen atoms in total. The predicted molar refractivity (Wildman–Crippen MR) is 108 cm³/mol. The molecule has 0 spiro atoms. The topological polar surface area (TPSA) is 9.23 Å². The van der Waals surface area contributed by atoms with Crippen molar-refractivity contribution in [2.75, 3.05) is 6.61 Å². The van der Waals surface area contributed by atoms with Gasteiger partial charge in [-0.2, -0.15) is 0 Å². The van der Waals surface area contributed by atoms with E-state index in [9.17, 15) is 0 Å². The van der Waals surface area contributed by atoms with Gasteiger partial charge in [-0.05, 0) is 41.7 Å². The van der Waals surface area contributed by atoms with Crippen LogP contribution in [0.2, 0.25) is 0 Å². The van der Waals surface area contributed by atoms with Crippen LogP contribution in [0.15, 0.2) is 54.6 Å². The molecule has 0 fully saturated rings. The zero-order chi connectivity index (χ0) is 17.2. The van der Waals surface area contributed by atoms with Gasteiger partial charge in [-0.25, -0.2) is 0 Å². The number of benzene rings is 2. The van der Waals surface area contributed by atoms with Gasteiger partial charge in [0.25, 0.3) is 0 Å². The Kier molecular flexibility index (Phi) is 7.70. The second-order valence-corrected chi connectivity index (χ2v) is 6.32. The fourth-order valence-electron chi connectivity index (χ4n) is 2.48. The average molecular weight is 339 g/mol. The van der Waals surface area contributed by atoms with Gasteiger partial charge in [0.15, 0.2) is 0 Å². The predicted octanol–water partition coefficient (Wildman–Crippen LogP) is 6.25. The summed E-state index contributed by atoms with van der Waals surface area (Å²) in [6.45, 7) is 5.16. The molecule has 2 rings (SSSR count). The fraction of sp³-hybridized carbons (Fsp3) is 0.318. The van der Waals surface area contributed by atoms with Gasteiger partial charge in [-0.3, -0.25) is 0 Å². The molecule has 126 valence electrons. The highest BCUT2D eigenvalue weighted by molar-refractivity contribution is 7.81. The molecule has 2 aromatic rings. The Hall–Kier alpha value is -1.93. The molecule has 0 bridgehead atoms. The van der Waals surface area contributed by atoms with Crippen LogP contribution in [0, 0.1) is 0 Å². The van der Waals surface area contributed by atoms with Gasteiger partial charge in [-0.1, -0.05) is 87.4 Å². The number of allylic oxidation sites excluding steroid dienone is 1. The van der Waals surface area contributed by atoms with Crippen molar-refractivity contribution in [1.29, 1.82) is 0 Å². The summed E-state index contributed by atoms with van der Waals surface area (Å²) in [5.41, 5.74) is 3.49. The van der Waals surface area contributed by atoms with Crippen LogP contribution < -0.4 is 4.74 Å². The molecule has 0 heterocycles. The average Bonchev–Trinajstić information content (AvgIpc) is 2.62. The van der Waals surface area contributed by atoms with E-state index >= 15 is 0 Å². The summed E-state index contributed by atoms with van der Waals surface area (Å²) < 4.78 is 6.00. The molecule has 0 aliphatic rings. The minimum absolute atomic E-state index is 0.781. The van der Waals surface area contributed by atoms with Crippen molar-refractivity contribution < 1.29 is 4.74 Å². The summed E-state index contributed by atoms with van der Waals surface area (Å²) in [4.78, 5) is 0.849. The van der Waals surface area contributed by atoms with E-state index in [2.05, 4.69) is 38.1 Å². The van der Waals surface area contributed by atoms with E-state index in [1.807, 2.05) is 36.4 Å². The van der Waals surface area contributed by atoms with Gasteiger partial charge in [0.2, 0.25) is 0 Å². The Labute approximate surface area is 151 Å². The summed E-state index contributed by atoms with van der Waals surface area (Å²) in [5.74, 6) is 1.01. The van der Waals surface area contributed by atoms with Crippen molar-refractivity contribution in [3.8, 4) is 5.75 Å². The smallest absolute Gasteiger partial charge is 0.123 e. The molecule has 0 N–H and O–H groups in total. The van der Waals surface area contributed by atoms with Gasteiger partial charge >= 0.3 is 0 Å². The van der Waals surface area contributed by atoms with E-state index in [1.54, 1.807) is 0 Å². The molecule has 0 saturated heterocycles. The first kappa shape index (κ1) is 18.4. The Morgan fingerprint density at radius 3 is 2.54 bits per heavy atom. The van der Waals surface area contributed by atoms with Crippen molar-refractivity contribution in [2.24, 2.45) is 0 Å². The SMILES string of the molecule is CCCCOc1cc(C=CC(=S)c2ccccc2)ccc1CCC. The number of thiocarbonyl (C=S) groups is 1. The third-order valence-electron chi connectivity index (χ3n) is 3.85. The van der Waals surface area contributed by atoms with Gasteiger partial charge in [0.05, 0.1) is 6.61 Å². The molecule has 0 unspecified atom stereocenters. The quantitative estimate of drug-likeness (QED) is 0.231. The molecule has 0 amide bonds. The molecular formula is C22H26OS. The van der Waals surface area contributed by atoms with Crippen molar-refractivity contribution in [3.63, 3.8) is 0 Å². The lowest BCUT2D eigenvalue weighted by Crippen LogP contribution is -2.00. The maximum absolute atomic E-state index is 6.00. The van der Waals surface area contributed by atoms with E-state index in [0.717, 1.165) is 54.0 Å². The zero-order valence-electron chi connectivity index (χ0n) is 14.6. The summed E-state index contributed by atoms with van der Waals surface area (Å²) >= 11 is 5.49. The van der Waals surface area contributed by atoms with Crippen LogP contribution in [0.3, 0.4) is 0 Å². The molecule has 24 heavy (non-hydrogen) atoms. The first-order valence-electron chi connectivity index (χ1n) is 8.77. The minimum atomic E-state index is 0.781. The third kappa shape index (κ3) is 5.61. The highest BCUT2D eigenvalue weighted by atomic mass is 32.1. The standard InChI is InChI=1S/C22H26OS/c1-3-5-16-23-21-17-18(12-14-19(21)9-4-2)13-15-22(24)20-10-7-6-8-11-20/h6-8,10-15,17H,3-5,9,16H2,1-2H3. The molecule has 0 aliphatic carbocycles. The summed E-state index contributed by atoms with van der Waals surface area (Å²) in [5, 5.41) is 0. The van der Waals surface area contributed by atoms with Crippen LogP contribution in [0.25, 0.3) is 6.08 Å². The number of unbranched alkanes of at least 4 members (excludes halogenated alkanes) is 1. The van der Waals surface area contributed by atoms with Crippen molar-refractivity contribution in [1.82, 2.24) is 0 Å². The minimum Gasteiger partial charge on any atom is -0.493 e. The third-order valence-corrected chi connectivity index (χ3v) is 4.22. The van der Waals surface area contributed by atoms with E-state index in [-0.39, 0.29) is 0 Å². The van der Waals surface area contributed by atoms with Crippen molar-refractivity contribution >= 4 is 23.2 Å². The molecule has 0 radical (unpaired) electrons. The van der Waals surface area contributed by atoms with E-state index in [0.29, 0.717) is 0 Å². The zero-order valence-corrected chi connectivity index (χ0v) is 15.4. The molecule has 2 heteroatoms. The fourth-order valence-corrected chi connectivity index (χ4v) is 2.69. The maximum atomic E-state index is 6.00. The highest BCUT2D eigenvalue weighted by Gasteiger charge is 2.04. The summed E-state index contributed by atoms with van der Waals surface area (Å²) in [6.07, 6.45) is 8.47. The first-order valence-corrected chi connectivity index (χ1v) is 9.18.